The molecular weight excluding hydrogens is 250 g/mol. The van der Waals surface area contributed by atoms with Crippen LogP contribution >= 0.6 is 0 Å². The Kier molecular flexibility index (Phi) is 4.40. The third kappa shape index (κ3) is 3.71. The van der Waals surface area contributed by atoms with E-state index in [4.69, 9.17) is 10.5 Å². The highest BCUT2D eigenvalue weighted by Crippen LogP contribution is 2.21. The summed E-state index contributed by atoms with van der Waals surface area (Å²) in [5.74, 6) is 0.0667. The van der Waals surface area contributed by atoms with Crippen molar-refractivity contribution in [2.45, 2.75) is 37.7 Å². The van der Waals surface area contributed by atoms with Crippen LogP contribution in [-0.4, -0.2) is 26.9 Å². The first-order chi connectivity index (χ1) is 8.18. The Balaban J connectivity index is 2.90. The Hall–Kier alpha value is -1.07. The predicted molar refractivity (Wildman–Crippen MR) is 73.3 cm³/mol. The van der Waals surface area contributed by atoms with Crippen molar-refractivity contribution < 1.29 is 13.2 Å². The lowest BCUT2D eigenvalue weighted by Crippen LogP contribution is -2.26. The van der Waals surface area contributed by atoms with Crippen molar-refractivity contribution >= 4 is 15.5 Å². The first-order valence-electron chi connectivity index (χ1n) is 5.82. The van der Waals surface area contributed by atoms with Gasteiger partial charge in [0.25, 0.3) is 0 Å². The molecule has 1 aromatic rings. The van der Waals surface area contributed by atoms with E-state index in [1.54, 1.807) is 32.2 Å². The molecule has 0 aliphatic carbocycles. The Morgan fingerprint density at radius 1 is 1.33 bits per heavy atom. The van der Waals surface area contributed by atoms with E-state index >= 15 is 0 Å². The standard InChI is InChI=1S/C13H21NO3S/c1-10-9-11(5-6-12(10)14)18(15,16)8-7-13(2,3)17-4/h5-6,9H,7-8,14H2,1-4H3. The fraction of sp³-hybridized carbons (Fsp3) is 0.538. The topological polar surface area (TPSA) is 69.4 Å². The Labute approximate surface area is 109 Å². The van der Waals surface area contributed by atoms with Gasteiger partial charge in [-0.05, 0) is 51.0 Å². The lowest BCUT2D eigenvalue weighted by Gasteiger charge is -2.22. The van der Waals surface area contributed by atoms with Crippen molar-refractivity contribution in [1.29, 1.82) is 0 Å². The molecule has 0 aliphatic rings. The van der Waals surface area contributed by atoms with Gasteiger partial charge < -0.3 is 10.5 Å². The highest BCUT2D eigenvalue weighted by molar-refractivity contribution is 7.91. The molecule has 0 bridgehead atoms. The maximum atomic E-state index is 12.2. The van der Waals surface area contributed by atoms with Crippen LogP contribution < -0.4 is 5.73 Å². The van der Waals surface area contributed by atoms with Crippen molar-refractivity contribution in [2.24, 2.45) is 0 Å². The van der Waals surface area contributed by atoms with Crippen LogP contribution in [0.2, 0.25) is 0 Å². The number of nitrogens with two attached hydrogens (primary N) is 1. The van der Waals surface area contributed by atoms with E-state index in [1.807, 2.05) is 13.8 Å². The van der Waals surface area contributed by atoms with E-state index in [0.29, 0.717) is 17.0 Å². The van der Waals surface area contributed by atoms with Gasteiger partial charge in [0, 0.05) is 12.8 Å². The average Bonchev–Trinajstić information content (AvgIpc) is 2.30. The van der Waals surface area contributed by atoms with Gasteiger partial charge in [-0.15, -0.1) is 0 Å². The summed E-state index contributed by atoms with van der Waals surface area (Å²) in [5.41, 5.74) is 6.63. The summed E-state index contributed by atoms with van der Waals surface area (Å²) in [6, 6.07) is 4.80. The molecule has 18 heavy (non-hydrogen) atoms. The van der Waals surface area contributed by atoms with Crippen LogP contribution in [0, 0.1) is 6.92 Å². The zero-order chi connectivity index (χ0) is 14.0. The van der Waals surface area contributed by atoms with Gasteiger partial charge in [0.05, 0.1) is 16.2 Å². The van der Waals surface area contributed by atoms with Crippen LogP contribution in [0.25, 0.3) is 0 Å². The zero-order valence-corrected chi connectivity index (χ0v) is 12.2. The minimum atomic E-state index is -3.28. The number of anilines is 1. The van der Waals surface area contributed by atoms with E-state index < -0.39 is 15.4 Å². The fourth-order valence-electron chi connectivity index (χ4n) is 1.44. The van der Waals surface area contributed by atoms with E-state index in [2.05, 4.69) is 0 Å². The van der Waals surface area contributed by atoms with E-state index in [0.717, 1.165) is 5.56 Å². The van der Waals surface area contributed by atoms with Gasteiger partial charge in [-0.2, -0.15) is 0 Å². The van der Waals surface area contributed by atoms with Crippen molar-refractivity contribution in [3.05, 3.63) is 23.8 Å². The maximum Gasteiger partial charge on any atom is 0.178 e. The van der Waals surface area contributed by atoms with Crippen LogP contribution in [0.3, 0.4) is 0 Å². The molecule has 0 saturated heterocycles. The molecule has 102 valence electrons. The number of hydrogen-bond acceptors (Lipinski definition) is 4. The molecule has 0 atom stereocenters. The molecule has 5 heteroatoms. The predicted octanol–water partition coefficient (Wildman–Crippen LogP) is 2.17. The molecule has 0 aliphatic heterocycles. The summed E-state index contributed by atoms with van der Waals surface area (Å²) < 4.78 is 29.6. The number of rotatable bonds is 5. The van der Waals surface area contributed by atoms with Gasteiger partial charge in [0.1, 0.15) is 0 Å². The molecule has 0 aromatic heterocycles. The van der Waals surface area contributed by atoms with E-state index in [9.17, 15) is 8.42 Å². The molecule has 1 rings (SSSR count). The van der Waals surface area contributed by atoms with Gasteiger partial charge >= 0.3 is 0 Å². The number of hydrogen-bond donors (Lipinski definition) is 1. The highest BCUT2D eigenvalue weighted by atomic mass is 32.2. The third-order valence-electron chi connectivity index (χ3n) is 3.13. The lowest BCUT2D eigenvalue weighted by atomic mass is 10.1. The first-order valence-corrected chi connectivity index (χ1v) is 7.47. The second kappa shape index (κ2) is 5.28. The lowest BCUT2D eigenvalue weighted by molar-refractivity contribution is 0.0203. The molecular formula is C13H21NO3S. The molecule has 0 amide bonds. The second-order valence-electron chi connectivity index (χ2n) is 5.05. The van der Waals surface area contributed by atoms with Crippen molar-refractivity contribution in [2.75, 3.05) is 18.6 Å². The van der Waals surface area contributed by atoms with E-state index in [1.165, 1.54) is 0 Å². The third-order valence-corrected chi connectivity index (χ3v) is 4.84. The summed E-state index contributed by atoms with van der Waals surface area (Å²) in [6.07, 6.45) is 0.454. The molecule has 4 nitrogen and oxygen atoms in total. The van der Waals surface area contributed by atoms with Crippen LogP contribution in [-0.2, 0) is 14.6 Å². The molecule has 0 fully saturated rings. The van der Waals surface area contributed by atoms with Crippen molar-refractivity contribution in [3.8, 4) is 0 Å². The monoisotopic (exact) mass is 271 g/mol. The SMILES string of the molecule is COC(C)(C)CCS(=O)(=O)c1ccc(N)c(C)c1. The van der Waals surface area contributed by atoms with Gasteiger partial charge in [0.2, 0.25) is 0 Å². The van der Waals surface area contributed by atoms with Crippen molar-refractivity contribution in [1.82, 2.24) is 0 Å². The number of sulfone groups is 1. The molecule has 0 saturated carbocycles. The Morgan fingerprint density at radius 2 is 1.94 bits per heavy atom. The van der Waals surface area contributed by atoms with Crippen LogP contribution in [0.4, 0.5) is 5.69 Å². The molecule has 2 N–H and O–H groups in total. The normalized spacial score (nSPS) is 12.7. The van der Waals surface area contributed by atoms with Crippen LogP contribution in [0.5, 0.6) is 0 Å². The van der Waals surface area contributed by atoms with Gasteiger partial charge in [-0.25, -0.2) is 8.42 Å². The summed E-state index contributed by atoms with van der Waals surface area (Å²) >= 11 is 0. The summed E-state index contributed by atoms with van der Waals surface area (Å²) in [4.78, 5) is 0.320. The van der Waals surface area contributed by atoms with Crippen molar-refractivity contribution in [3.63, 3.8) is 0 Å². The number of benzene rings is 1. The number of methoxy groups -OCH3 is 1. The van der Waals surface area contributed by atoms with E-state index in [-0.39, 0.29) is 5.75 Å². The zero-order valence-electron chi connectivity index (χ0n) is 11.4. The first kappa shape index (κ1) is 15.0. The second-order valence-corrected chi connectivity index (χ2v) is 7.16. The van der Waals surface area contributed by atoms with Crippen LogP contribution in [0.1, 0.15) is 25.8 Å². The van der Waals surface area contributed by atoms with Gasteiger partial charge in [-0.3, -0.25) is 0 Å². The molecule has 0 unspecified atom stereocenters. The number of nitrogen functional groups attached to an aromatic ring is 1. The largest absolute Gasteiger partial charge is 0.399 e. The van der Waals surface area contributed by atoms with Crippen LogP contribution in [0.15, 0.2) is 23.1 Å². The fourth-order valence-corrected chi connectivity index (χ4v) is 3.07. The maximum absolute atomic E-state index is 12.2. The quantitative estimate of drug-likeness (QED) is 0.833. The minimum Gasteiger partial charge on any atom is -0.399 e. The number of aryl methyl sites for hydroxylation is 1. The van der Waals surface area contributed by atoms with Gasteiger partial charge in [0.15, 0.2) is 9.84 Å². The molecule has 1 aromatic carbocycles. The molecule has 0 spiro atoms. The summed E-state index contributed by atoms with van der Waals surface area (Å²) in [7, 11) is -1.70. The summed E-state index contributed by atoms with van der Waals surface area (Å²) in [6.45, 7) is 5.54. The highest BCUT2D eigenvalue weighted by Gasteiger charge is 2.22. The average molecular weight is 271 g/mol. The number of ether oxygens (including phenoxy) is 1. The Morgan fingerprint density at radius 3 is 2.44 bits per heavy atom. The Bertz CT molecular complexity index is 521. The molecule has 0 heterocycles. The van der Waals surface area contributed by atoms with Gasteiger partial charge in [-0.1, -0.05) is 0 Å². The molecule has 0 radical (unpaired) electrons. The smallest absolute Gasteiger partial charge is 0.178 e. The summed E-state index contributed by atoms with van der Waals surface area (Å²) in [5, 5.41) is 0. The minimum absolute atomic E-state index is 0.0667.